The van der Waals surface area contributed by atoms with E-state index in [1.54, 1.807) is 0 Å². The van der Waals surface area contributed by atoms with Gasteiger partial charge in [0.05, 0.1) is 12.2 Å². The van der Waals surface area contributed by atoms with Crippen LogP contribution in [0.1, 0.15) is 34.1 Å². The molecule has 0 radical (unpaired) electrons. The van der Waals surface area contributed by atoms with Crippen molar-refractivity contribution >= 4 is 11.6 Å². The van der Waals surface area contributed by atoms with Gasteiger partial charge in [-0.3, -0.25) is 0 Å². The van der Waals surface area contributed by atoms with Gasteiger partial charge in [0, 0.05) is 0 Å². The van der Waals surface area contributed by atoms with Crippen LogP contribution in [0.3, 0.4) is 0 Å². The molecule has 1 aliphatic rings. The van der Waals surface area contributed by atoms with Crippen molar-refractivity contribution in [1.82, 2.24) is 0 Å². The second kappa shape index (κ2) is 4.96. The lowest BCUT2D eigenvalue weighted by molar-refractivity contribution is -0.0159. The van der Waals surface area contributed by atoms with Crippen molar-refractivity contribution in [2.24, 2.45) is 11.8 Å². The first-order chi connectivity index (χ1) is 7.32. The van der Waals surface area contributed by atoms with Crippen molar-refractivity contribution in [3.8, 4) is 12.3 Å². The summed E-state index contributed by atoms with van der Waals surface area (Å²) in [6, 6.07) is 0. The molecule has 0 aromatic rings. The molecule has 16 heavy (non-hydrogen) atoms. The molecule has 0 aromatic carbocycles. The van der Waals surface area contributed by atoms with Gasteiger partial charge in [-0.05, 0) is 18.3 Å². The van der Waals surface area contributed by atoms with E-state index in [0.717, 1.165) is 6.42 Å². The van der Waals surface area contributed by atoms with E-state index in [0.29, 0.717) is 5.92 Å². The molecule has 0 saturated carbocycles. The van der Waals surface area contributed by atoms with Crippen molar-refractivity contribution in [1.29, 1.82) is 0 Å². The molecule has 92 valence electrons. The van der Waals surface area contributed by atoms with Crippen LogP contribution < -0.4 is 0 Å². The molecule has 4 atom stereocenters. The first-order valence-corrected chi connectivity index (χ1v) is 6.21. The highest BCUT2D eigenvalue weighted by molar-refractivity contribution is 6.27. The standard InChI is InChI=1S/C13H21ClO2/c1-6-13(14)11(15)10(7-8(2)3)16-12(13)9(4)5/h1,8-12,15H,7H2,2-5H3/t10-,11-,12+,13-/m1/s1. The average Bonchev–Trinajstić information content (AvgIpc) is 2.43. The molecular weight excluding hydrogens is 224 g/mol. The van der Waals surface area contributed by atoms with Crippen molar-refractivity contribution < 1.29 is 9.84 Å². The third kappa shape index (κ3) is 2.37. The molecule has 0 spiro atoms. The molecule has 2 nitrogen and oxygen atoms in total. The molecule has 0 aromatic heterocycles. The minimum absolute atomic E-state index is 0.195. The smallest absolute Gasteiger partial charge is 0.159 e. The van der Waals surface area contributed by atoms with E-state index in [4.69, 9.17) is 22.8 Å². The first kappa shape index (κ1) is 13.8. The van der Waals surface area contributed by atoms with E-state index in [-0.39, 0.29) is 18.1 Å². The Hall–Kier alpha value is -0.230. The van der Waals surface area contributed by atoms with Gasteiger partial charge in [0.2, 0.25) is 0 Å². The number of aliphatic hydroxyl groups is 1. The fraction of sp³-hybridized carbons (Fsp3) is 0.846. The van der Waals surface area contributed by atoms with Gasteiger partial charge in [-0.1, -0.05) is 45.2 Å². The lowest BCUT2D eigenvalue weighted by Crippen LogP contribution is -2.43. The zero-order chi connectivity index (χ0) is 12.5. The highest BCUT2D eigenvalue weighted by atomic mass is 35.5. The predicted octanol–water partition coefficient (Wildman–Crippen LogP) is 2.43. The molecule has 0 bridgehead atoms. The second-order valence-corrected chi connectivity index (χ2v) is 5.95. The van der Waals surface area contributed by atoms with Crippen molar-refractivity contribution in [2.75, 3.05) is 0 Å². The Kier molecular flexibility index (Phi) is 4.29. The largest absolute Gasteiger partial charge is 0.387 e. The Morgan fingerprint density at radius 2 is 2.00 bits per heavy atom. The van der Waals surface area contributed by atoms with Crippen LogP contribution in [0.4, 0.5) is 0 Å². The van der Waals surface area contributed by atoms with Crippen molar-refractivity contribution in [2.45, 2.75) is 57.3 Å². The van der Waals surface area contributed by atoms with Gasteiger partial charge < -0.3 is 9.84 Å². The van der Waals surface area contributed by atoms with E-state index in [9.17, 15) is 5.11 Å². The third-order valence-corrected chi connectivity index (χ3v) is 3.60. The quantitative estimate of drug-likeness (QED) is 0.610. The van der Waals surface area contributed by atoms with E-state index in [1.165, 1.54) is 0 Å². The van der Waals surface area contributed by atoms with Gasteiger partial charge in [-0.15, -0.1) is 6.42 Å². The molecule has 1 saturated heterocycles. The maximum Gasteiger partial charge on any atom is 0.159 e. The average molecular weight is 245 g/mol. The van der Waals surface area contributed by atoms with Crippen LogP contribution in [0.25, 0.3) is 0 Å². The van der Waals surface area contributed by atoms with Gasteiger partial charge in [0.1, 0.15) is 6.10 Å². The van der Waals surface area contributed by atoms with E-state index in [2.05, 4.69) is 19.8 Å². The number of aliphatic hydroxyl groups excluding tert-OH is 1. The molecule has 0 unspecified atom stereocenters. The number of hydrogen-bond acceptors (Lipinski definition) is 2. The van der Waals surface area contributed by atoms with Crippen LogP contribution >= 0.6 is 11.6 Å². The SMILES string of the molecule is C#C[C@@]1(Cl)[C@H](O)[C@@H](CC(C)C)O[C@H]1C(C)C. The molecule has 0 aliphatic carbocycles. The Bertz CT molecular complexity index is 282. The monoisotopic (exact) mass is 244 g/mol. The molecule has 1 rings (SSSR count). The summed E-state index contributed by atoms with van der Waals surface area (Å²) in [4.78, 5) is -1.08. The second-order valence-electron chi connectivity index (χ2n) is 5.33. The maximum atomic E-state index is 10.2. The Labute approximate surface area is 103 Å². The number of halogens is 1. The molecule has 1 aliphatic heterocycles. The predicted molar refractivity (Wildman–Crippen MR) is 66.4 cm³/mol. The van der Waals surface area contributed by atoms with Crippen LogP contribution in [-0.4, -0.2) is 28.3 Å². The summed E-state index contributed by atoms with van der Waals surface area (Å²) >= 11 is 6.33. The molecule has 3 heteroatoms. The number of terminal acetylenes is 1. The van der Waals surface area contributed by atoms with Gasteiger partial charge in [0.15, 0.2) is 4.87 Å². The lowest BCUT2D eigenvalue weighted by atomic mass is 9.88. The molecule has 1 fully saturated rings. The van der Waals surface area contributed by atoms with Gasteiger partial charge in [0.25, 0.3) is 0 Å². The Balaban J connectivity index is 2.88. The number of rotatable bonds is 3. The highest BCUT2D eigenvalue weighted by Gasteiger charge is 2.55. The molecule has 0 amide bonds. The van der Waals surface area contributed by atoms with Crippen LogP contribution in [-0.2, 0) is 4.74 Å². The minimum atomic E-state index is -1.08. The summed E-state index contributed by atoms with van der Waals surface area (Å²) in [5.74, 6) is 3.16. The summed E-state index contributed by atoms with van der Waals surface area (Å²) in [6.45, 7) is 8.18. The van der Waals surface area contributed by atoms with Crippen LogP contribution in [0.5, 0.6) is 0 Å². The number of ether oxygens (including phenoxy) is 1. The van der Waals surface area contributed by atoms with E-state index >= 15 is 0 Å². The molecule has 1 N–H and O–H groups in total. The van der Waals surface area contributed by atoms with Crippen LogP contribution in [0.15, 0.2) is 0 Å². The van der Waals surface area contributed by atoms with Crippen LogP contribution in [0, 0.1) is 24.2 Å². The third-order valence-electron chi connectivity index (χ3n) is 3.05. The van der Waals surface area contributed by atoms with Gasteiger partial charge in [-0.2, -0.15) is 0 Å². The number of alkyl halides is 1. The fourth-order valence-electron chi connectivity index (χ4n) is 2.26. The number of hydrogen-bond donors (Lipinski definition) is 1. The van der Waals surface area contributed by atoms with E-state index in [1.807, 2.05) is 13.8 Å². The Morgan fingerprint density at radius 1 is 1.44 bits per heavy atom. The highest BCUT2D eigenvalue weighted by Crippen LogP contribution is 2.41. The lowest BCUT2D eigenvalue weighted by Gasteiger charge is -2.26. The van der Waals surface area contributed by atoms with E-state index < -0.39 is 11.0 Å². The minimum Gasteiger partial charge on any atom is -0.387 e. The van der Waals surface area contributed by atoms with Gasteiger partial charge in [-0.25, -0.2) is 0 Å². The van der Waals surface area contributed by atoms with Gasteiger partial charge >= 0.3 is 0 Å². The van der Waals surface area contributed by atoms with Crippen LogP contribution in [0.2, 0.25) is 0 Å². The normalized spacial score (nSPS) is 39.3. The summed E-state index contributed by atoms with van der Waals surface area (Å²) in [6.07, 6.45) is 4.92. The zero-order valence-electron chi connectivity index (χ0n) is 10.4. The Morgan fingerprint density at radius 3 is 2.31 bits per heavy atom. The summed E-state index contributed by atoms with van der Waals surface area (Å²) in [5, 5.41) is 10.2. The molecular formula is C13H21ClO2. The maximum absolute atomic E-state index is 10.2. The zero-order valence-corrected chi connectivity index (χ0v) is 11.2. The summed E-state index contributed by atoms with van der Waals surface area (Å²) in [7, 11) is 0. The first-order valence-electron chi connectivity index (χ1n) is 5.83. The summed E-state index contributed by atoms with van der Waals surface area (Å²) in [5.41, 5.74) is 0. The van der Waals surface area contributed by atoms with Crippen molar-refractivity contribution in [3.63, 3.8) is 0 Å². The topological polar surface area (TPSA) is 29.5 Å². The summed E-state index contributed by atoms with van der Waals surface area (Å²) < 4.78 is 5.83. The molecule has 1 heterocycles. The fourth-order valence-corrected chi connectivity index (χ4v) is 2.70. The van der Waals surface area contributed by atoms with Crippen molar-refractivity contribution in [3.05, 3.63) is 0 Å².